The van der Waals surface area contributed by atoms with Crippen molar-refractivity contribution < 1.29 is 18.3 Å². The lowest BCUT2D eigenvalue weighted by Crippen LogP contribution is -2.10. The van der Waals surface area contributed by atoms with Gasteiger partial charge >= 0.3 is 6.61 Å². The number of anilines is 1. The Labute approximate surface area is 154 Å². The number of nitrogens with one attached hydrogen (secondary N) is 1. The van der Waals surface area contributed by atoms with Gasteiger partial charge < -0.3 is 19.4 Å². The van der Waals surface area contributed by atoms with E-state index in [2.05, 4.69) is 31.7 Å². The number of methoxy groups -OCH3 is 1. The monoisotopic (exact) mass is 379 g/mol. The van der Waals surface area contributed by atoms with Crippen molar-refractivity contribution in [3.05, 3.63) is 42.0 Å². The summed E-state index contributed by atoms with van der Waals surface area (Å²) in [6, 6.07) is 11.2. The summed E-state index contributed by atoms with van der Waals surface area (Å²) >= 11 is 1.54. The van der Waals surface area contributed by atoms with E-state index in [4.69, 9.17) is 4.74 Å². The molecule has 0 aliphatic carbocycles. The molecule has 8 heteroatoms. The zero-order chi connectivity index (χ0) is 18.7. The van der Waals surface area contributed by atoms with Crippen LogP contribution in [0.5, 0.6) is 11.5 Å². The summed E-state index contributed by atoms with van der Waals surface area (Å²) < 4.78 is 34.7. The molecule has 1 aromatic heterocycles. The molecule has 0 saturated heterocycles. The molecule has 26 heavy (non-hydrogen) atoms. The number of fused-ring (bicyclic) bond motifs is 1. The van der Waals surface area contributed by atoms with E-state index in [1.54, 1.807) is 17.8 Å². The number of aromatic nitrogens is 2. The van der Waals surface area contributed by atoms with Crippen LogP contribution in [0.4, 0.5) is 14.5 Å². The molecule has 0 saturated carbocycles. The first-order valence-corrected chi connectivity index (χ1v) is 8.87. The number of nitrogens with zero attached hydrogens (tertiary/aromatic N) is 2. The molecule has 5 nitrogen and oxygen atoms in total. The molecule has 0 atom stereocenters. The Balaban J connectivity index is 1.83. The number of alkyl halides is 2. The summed E-state index contributed by atoms with van der Waals surface area (Å²) in [5, 5.41) is 0.699. The minimum atomic E-state index is -2.92. The molecule has 0 fully saturated rings. The van der Waals surface area contributed by atoms with E-state index in [1.807, 2.05) is 26.2 Å². The molecule has 1 N–H and O–H groups in total. The highest BCUT2D eigenvalue weighted by Crippen LogP contribution is 2.34. The average molecular weight is 379 g/mol. The van der Waals surface area contributed by atoms with Crippen molar-refractivity contribution in [1.82, 2.24) is 9.97 Å². The fraction of sp³-hybridized carbons (Fsp3) is 0.278. The van der Waals surface area contributed by atoms with Crippen LogP contribution in [0.2, 0.25) is 0 Å². The molecule has 138 valence electrons. The molecule has 0 amide bonds. The van der Waals surface area contributed by atoms with E-state index in [-0.39, 0.29) is 11.5 Å². The van der Waals surface area contributed by atoms with Gasteiger partial charge in [-0.05, 0) is 11.6 Å². The highest BCUT2D eigenvalue weighted by molar-refractivity contribution is 7.98. The molecular formula is C18H19F2N3O2S. The predicted molar refractivity (Wildman–Crippen MR) is 99.6 cm³/mol. The smallest absolute Gasteiger partial charge is 0.387 e. The second-order valence-electron chi connectivity index (χ2n) is 5.75. The van der Waals surface area contributed by atoms with E-state index in [1.165, 1.54) is 18.7 Å². The van der Waals surface area contributed by atoms with E-state index in [0.29, 0.717) is 16.2 Å². The van der Waals surface area contributed by atoms with Crippen molar-refractivity contribution in [3.63, 3.8) is 0 Å². The van der Waals surface area contributed by atoms with Crippen LogP contribution in [0.25, 0.3) is 11.0 Å². The third kappa shape index (κ3) is 4.01. The quantitative estimate of drug-likeness (QED) is 0.611. The Kier molecular flexibility index (Phi) is 5.51. The number of benzene rings is 2. The maximum Gasteiger partial charge on any atom is 0.387 e. The molecule has 3 rings (SSSR count). The summed E-state index contributed by atoms with van der Waals surface area (Å²) in [7, 11) is 5.41. The van der Waals surface area contributed by atoms with Crippen LogP contribution in [0.3, 0.4) is 0 Å². The number of ether oxygens (including phenoxy) is 2. The number of halogens is 2. The largest absolute Gasteiger partial charge is 0.493 e. The normalized spacial score (nSPS) is 11.2. The molecule has 0 aliphatic rings. The molecule has 0 bridgehead atoms. The van der Waals surface area contributed by atoms with Gasteiger partial charge in [0.25, 0.3) is 0 Å². The van der Waals surface area contributed by atoms with Gasteiger partial charge in [-0.1, -0.05) is 30.0 Å². The molecule has 2 aromatic carbocycles. The summed E-state index contributed by atoms with van der Waals surface area (Å²) in [6.07, 6.45) is 0. The van der Waals surface area contributed by atoms with Gasteiger partial charge in [0, 0.05) is 37.7 Å². The lowest BCUT2D eigenvalue weighted by atomic mass is 10.2. The summed E-state index contributed by atoms with van der Waals surface area (Å²) in [6.45, 7) is -2.92. The van der Waals surface area contributed by atoms with Gasteiger partial charge in [0.1, 0.15) is 0 Å². The van der Waals surface area contributed by atoms with Crippen molar-refractivity contribution in [3.8, 4) is 11.5 Å². The number of H-pyrrole nitrogens is 1. The number of aromatic amines is 1. The standard InChI is InChI=1S/C18H19F2N3O2S/c1-23(2)14-7-5-4-6-11(14)10-26-18-21-12-8-15(24-3)16(25-17(19)20)9-13(12)22-18/h4-9,17H,10H2,1-3H3,(H,21,22). The van der Waals surface area contributed by atoms with Crippen LogP contribution in [0.15, 0.2) is 41.6 Å². The zero-order valence-electron chi connectivity index (χ0n) is 14.6. The van der Waals surface area contributed by atoms with Crippen LogP contribution in [0, 0.1) is 0 Å². The van der Waals surface area contributed by atoms with Gasteiger partial charge in [-0.15, -0.1) is 0 Å². The van der Waals surface area contributed by atoms with Crippen molar-refractivity contribution in [2.24, 2.45) is 0 Å². The molecular weight excluding hydrogens is 360 g/mol. The fourth-order valence-corrected chi connectivity index (χ4v) is 3.51. The van der Waals surface area contributed by atoms with Gasteiger partial charge in [-0.2, -0.15) is 8.78 Å². The van der Waals surface area contributed by atoms with Crippen LogP contribution in [0.1, 0.15) is 5.56 Å². The lowest BCUT2D eigenvalue weighted by Gasteiger charge is -2.16. The number of rotatable bonds is 7. The van der Waals surface area contributed by atoms with Crippen LogP contribution in [-0.4, -0.2) is 37.8 Å². The number of hydrogen-bond donors (Lipinski definition) is 1. The van der Waals surface area contributed by atoms with E-state index < -0.39 is 6.61 Å². The minimum Gasteiger partial charge on any atom is -0.493 e. The van der Waals surface area contributed by atoms with Crippen LogP contribution >= 0.6 is 11.8 Å². The molecule has 3 aromatic rings. The second kappa shape index (κ2) is 7.82. The number of thioether (sulfide) groups is 1. The first-order chi connectivity index (χ1) is 12.5. The third-order valence-corrected chi connectivity index (χ3v) is 4.72. The average Bonchev–Trinajstić information content (AvgIpc) is 3.00. The maximum atomic E-state index is 12.5. The number of para-hydroxylation sites is 1. The lowest BCUT2D eigenvalue weighted by molar-refractivity contribution is -0.0511. The van der Waals surface area contributed by atoms with Crippen molar-refractivity contribution in [2.75, 3.05) is 26.1 Å². The van der Waals surface area contributed by atoms with Crippen molar-refractivity contribution >= 4 is 28.5 Å². The van der Waals surface area contributed by atoms with Crippen molar-refractivity contribution in [1.29, 1.82) is 0 Å². The third-order valence-electron chi connectivity index (χ3n) is 3.80. The minimum absolute atomic E-state index is 0.0315. The highest BCUT2D eigenvalue weighted by Gasteiger charge is 2.15. The first-order valence-electron chi connectivity index (χ1n) is 7.88. The summed E-state index contributed by atoms with van der Waals surface area (Å²) in [5.41, 5.74) is 3.57. The topological polar surface area (TPSA) is 50.4 Å². The van der Waals surface area contributed by atoms with E-state index in [0.717, 1.165) is 11.4 Å². The Morgan fingerprint density at radius 2 is 1.96 bits per heavy atom. The van der Waals surface area contributed by atoms with E-state index in [9.17, 15) is 8.78 Å². The Morgan fingerprint density at radius 3 is 2.65 bits per heavy atom. The van der Waals surface area contributed by atoms with Gasteiger partial charge in [0.2, 0.25) is 0 Å². The number of hydrogen-bond acceptors (Lipinski definition) is 5. The van der Waals surface area contributed by atoms with Crippen LogP contribution in [-0.2, 0) is 5.75 Å². The van der Waals surface area contributed by atoms with Crippen molar-refractivity contribution in [2.45, 2.75) is 17.5 Å². The molecule has 1 heterocycles. The zero-order valence-corrected chi connectivity index (χ0v) is 15.4. The molecule has 0 spiro atoms. The molecule has 0 radical (unpaired) electrons. The van der Waals surface area contributed by atoms with Gasteiger partial charge in [-0.25, -0.2) is 4.98 Å². The second-order valence-corrected chi connectivity index (χ2v) is 6.72. The van der Waals surface area contributed by atoms with Gasteiger partial charge in [-0.3, -0.25) is 0 Å². The summed E-state index contributed by atoms with van der Waals surface area (Å²) in [5.74, 6) is 0.929. The Hall–Kier alpha value is -2.48. The van der Waals surface area contributed by atoms with Gasteiger partial charge in [0.15, 0.2) is 16.7 Å². The van der Waals surface area contributed by atoms with Crippen LogP contribution < -0.4 is 14.4 Å². The Morgan fingerprint density at radius 1 is 1.19 bits per heavy atom. The molecule has 0 aliphatic heterocycles. The van der Waals surface area contributed by atoms with Gasteiger partial charge in [0.05, 0.1) is 18.1 Å². The highest BCUT2D eigenvalue weighted by atomic mass is 32.2. The SMILES string of the molecule is COc1cc2[nH]c(SCc3ccccc3N(C)C)nc2cc1OC(F)F. The van der Waals surface area contributed by atoms with E-state index >= 15 is 0 Å². The fourth-order valence-electron chi connectivity index (χ4n) is 2.63. The summed E-state index contributed by atoms with van der Waals surface area (Å²) in [4.78, 5) is 9.71. The predicted octanol–water partition coefficient (Wildman–Crippen LogP) is 4.53. The molecule has 0 unspecified atom stereocenters. The Bertz CT molecular complexity index is 899. The maximum absolute atomic E-state index is 12.5. The number of imidazole rings is 1. The first kappa shape index (κ1) is 18.3.